The number of rotatable bonds is 3. The molecule has 2 nitrogen and oxygen atoms in total. The topological polar surface area (TPSA) is 37.3 Å². The van der Waals surface area contributed by atoms with Crippen molar-refractivity contribution in [1.82, 2.24) is 0 Å². The Morgan fingerprint density at radius 1 is 1.25 bits per heavy atom. The summed E-state index contributed by atoms with van der Waals surface area (Å²) in [5, 5.41) is 8.50. The van der Waals surface area contributed by atoms with E-state index < -0.39 is 5.97 Å². The van der Waals surface area contributed by atoms with Crippen molar-refractivity contribution < 1.29 is 9.90 Å². The lowest BCUT2D eigenvalue weighted by Crippen LogP contribution is -1.99. The number of carbonyl (C=O) groups is 1. The van der Waals surface area contributed by atoms with E-state index in [0.717, 1.165) is 0 Å². The first-order chi connectivity index (χ1) is 5.63. The van der Waals surface area contributed by atoms with Gasteiger partial charge in [0.15, 0.2) is 0 Å². The molecule has 12 heavy (non-hydrogen) atoms. The van der Waals surface area contributed by atoms with Crippen LogP contribution < -0.4 is 0 Å². The van der Waals surface area contributed by atoms with Crippen LogP contribution in [0.4, 0.5) is 0 Å². The Balaban J connectivity index is 0. The van der Waals surface area contributed by atoms with Crippen molar-refractivity contribution >= 4 is 5.97 Å². The predicted octanol–water partition coefficient (Wildman–Crippen LogP) is 2.79. The summed E-state index contributed by atoms with van der Waals surface area (Å²) in [6.07, 6.45) is 2.80. The lowest BCUT2D eigenvalue weighted by Gasteiger charge is -1.95. The second-order valence-corrected chi connectivity index (χ2v) is 1.81. The molecule has 0 heterocycles. The Labute approximate surface area is 73.9 Å². The maximum Gasteiger partial charge on any atom is 0.335 e. The third-order valence-electron chi connectivity index (χ3n) is 1.17. The fourth-order valence-corrected chi connectivity index (χ4v) is 0.527. The zero-order chi connectivity index (χ0) is 10.1. The molecule has 0 aromatic rings. The van der Waals surface area contributed by atoms with Crippen molar-refractivity contribution in [3.05, 3.63) is 36.5 Å². The summed E-state index contributed by atoms with van der Waals surface area (Å²) in [6.45, 7) is 12.5. The van der Waals surface area contributed by atoms with Crippen LogP contribution in [0.1, 0.15) is 20.8 Å². The van der Waals surface area contributed by atoms with Crippen LogP contribution >= 0.6 is 0 Å². The van der Waals surface area contributed by atoms with E-state index in [1.54, 1.807) is 6.92 Å². The van der Waals surface area contributed by atoms with Gasteiger partial charge in [0.1, 0.15) is 0 Å². The lowest BCUT2D eigenvalue weighted by atomic mass is 10.1. The van der Waals surface area contributed by atoms with Gasteiger partial charge in [-0.15, -0.1) is 0 Å². The molecule has 0 atom stereocenters. The van der Waals surface area contributed by atoms with Crippen LogP contribution in [-0.2, 0) is 4.79 Å². The Kier molecular flexibility index (Phi) is 8.63. The molecule has 0 bridgehead atoms. The molecule has 0 unspecified atom stereocenters. The van der Waals surface area contributed by atoms with E-state index in [9.17, 15) is 4.79 Å². The smallest absolute Gasteiger partial charge is 0.335 e. The molecule has 0 aliphatic rings. The van der Waals surface area contributed by atoms with E-state index in [4.69, 9.17) is 5.11 Å². The first-order valence-electron chi connectivity index (χ1n) is 3.82. The second-order valence-electron chi connectivity index (χ2n) is 1.81. The van der Waals surface area contributed by atoms with E-state index in [1.165, 1.54) is 12.2 Å². The van der Waals surface area contributed by atoms with Crippen molar-refractivity contribution in [3.8, 4) is 0 Å². The summed E-state index contributed by atoms with van der Waals surface area (Å²) in [7, 11) is 0. The van der Waals surface area contributed by atoms with Crippen LogP contribution in [0.15, 0.2) is 36.5 Å². The van der Waals surface area contributed by atoms with Crippen LogP contribution in [0.3, 0.4) is 0 Å². The predicted molar refractivity (Wildman–Crippen MR) is 52.1 cm³/mol. The number of allylic oxidation sites excluding steroid dienone is 2. The summed E-state index contributed by atoms with van der Waals surface area (Å²) in [5.74, 6) is -0.965. The molecular weight excluding hydrogens is 152 g/mol. The molecule has 0 aromatic carbocycles. The highest BCUT2D eigenvalue weighted by molar-refractivity contribution is 5.91. The van der Waals surface area contributed by atoms with E-state index in [2.05, 4.69) is 13.2 Å². The first kappa shape index (κ1) is 13.3. The van der Waals surface area contributed by atoms with E-state index >= 15 is 0 Å². The van der Waals surface area contributed by atoms with Gasteiger partial charge < -0.3 is 5.11 Å². The molecule has 0 aliphatic heterocycles. The minimum Gasteiger partial charge on any atom is -0.478 e. The molecule has 0 aromatic heterocycles. The quantitative estimate of drug-likeness (QED) is 0.519. The Hall–Kier alpha value is -1.31. The van der Waals surface area contributed by atoms with Gasteiger partial charge in [0, 0.05) is 0 Å². The summed E-state index contributed by atoms with van der Waals surface area (Å²) >= 11 is 0. The Bertz CT molecular complexity index is 200. The summed E-state index contributed by atoms with van der Waals surface area (Å²) in [4.78, 5) is 10.4. The molecular formula is C10H16O2. The first-order valence-corrected chi connectivity index (χ1v) is 3.82. The van der Waals surface area contributed by atoms with Gasteiger partial charge in [0.2, 0.25) is 0 Å². The van der Waals surface area contributed by atoms with Gasteiger partial charge in [-0.1, -0.05) is 39.2 Å². The third kappa shape index (κ3) is 4.50. The number of carboxylic acid groups (broad SMARTS) is 1. The molecule has 0 amide bonds. The molecule has 0 radical (unpaired) electrons. The molecule has 2 heteroatoms. The van der Waals surface area contributed by atoms with Gasteiger partial charge in [-0.2, -0.15) is 0 Å². The molecule has 1 N–H and O–H groups in total. The average molecular weight is 168 g/mol. The average Bonchev–Trinajstić information content (AvgIpc) is 2.08. The highest BCUT2D eigenvalue weighted by Gasteiger charge is 2.03. The van der Waals surface area contributed by atoms with Crippen molar-refractivity contribution in [2.75, 3.05) is 0 Å². The molecule has 0 spiro atoms. The number of aliphatic carboxylic acids is 1. The highest BCUT2D eigenvalue weighted by Crippen LogP contribution is 2.05. The van der Waals surface area contributed by atoms with Crippen LogP contribution in [0, 0.1) is 0 Å². The minimum atomic E-state index is -0.965. The van der Waals surface area contributed by atoms with Crippen LogP contribution in [0.5, 0.6) is 0 Å². The number of carboxylic acids is 1. The van der Waals surface area contributed by atoms with Crippen molar-refractivity contribution in [3.63, 3.8) is 0 Å². The second kappa shape index (κ2) is 7.79. The third-order valence-corrected chi connectivity index (χ3v) is 1.17. The van der Waals surface area contributed by atoms with Gasteiger partial charge in [-0.05, 0) is 12.5 Å². The van der Waals surface area contributed by atoms with Gasteiger partial charge in [0.05, 0.1) is 5.57 Å². The monoisotopic (exact) mass is 168 g/mol. The van der Waals surface area contributed by atoms with Crippen LogP contribution in [0.2, 0.25) is 0 Å². The van der Waals surface area contributed by atoms with Crippen LogP contribution in [-0.4, -0.2) is 11.1 Å². The molecule has 0 saturated carbocycles. The Morgan fingerprint density at radius 3 is 1.75 bits per heavy atom. The van der Waals surface area contributed by atoms with Crippen molar-refractivity contribution in [2.45, 2.75) is 20.8 Å². The molecule has 0 aliphatic carbocycles. The normalized spacial score (nSPS) is 10.2. The van der Waals surface area contributed by atoms with E-state index in [1.807, 2.05) is 13.8 Å². The zero-order valence-corrected chi connectivity index (χ0v) is 7.92. The zero-order valence-electron chi connectivity index (χ0n) is 7.92. The van der Waals surface area contributed by atoms with Gasteiger partial charge >= 0.3 is 5.97 Å². The summed E-state index contributed by atoms with van der Waals surface area (Å²) < 4.78 is 0. The van der Waals surface area contributed by atoms with Gasteiger partial charge in [0.25, 0.3) is 0 Å². The molecule has 0 saturated heterocycles. The van der Waals surface area contributed by atoms with Gasteiger partial charge in [-0.25, -0.2) is 4.79 Å². The van der Waals surface area contributed by atoms with Crippen molar-refractivity contribution in [1.29, 1.82) is 0 Å². The fourth-order valence-electron chi connectivity index (χ4n) is 0.527. The molecule has 0 rings (SSSR count). The molecule has 0 fully saturated rings. The molecule has 68 valence electrons. The largest absolute Gasteiger partial charge is 0.478 e. The number of hydrogen-bond acceptors (Lipinski definition) is 1. The number of hydrogen-bond donors (Lipinski definition) is 1. The SMILES string of the molecule is C=C/C(C)=C(\C=C)C(=O)O.CC. The van der Waals surface area contributed by atoms with Crippen molar-refractivity contribution in [2.24, 2.45) is 0 Å². The van der Waals surface area contributed by atoms with Crippen LogP contribution in [0.25, 0.3) is 0 Å². The summed E-state index contributed by atoms with van der Waals surface area (Å²) in [5.41, 5.74) is 0.831. The standard InChI is InChI=1S/C8H10O2.C2H6/c1-4-6(3)7(5-2)8(9)10;1-2/h4-5H,1-2H2,3H3,(H,9,10);1-2H3/b7-6+;. The maximum atomic E-state index is 10.4. The highest BCUT2D eigenvalue weighted by atomic mass is 16.4. The van der Waals surface area contributed by atoms with E-state index in [0.29, 0.717) is 5.57 Å². The maximum absolute atomic E-state index is 10.4. The van der Waals surface area contributed by atoms with Gasteiger partial charge in [-0.3, -0.25) is 0 Å². The minimum absolute atomic E-state index is 0.204. The summed E-state index contributed by atoms with van der Waals surface area (Å²) in [6, 6.07) is 0. The lowest BCUT2D eigenvalue weighted by molar-refractivity contribution is -0.132. The van der Waals surface area contributed by atoms with E-state index in [-0.39, 0.29) is 5.57 Å². The fraction of sp³-hybridized carbons (Fsp3) is 0.300. The Morgan fingerprint density at radius 2 is 1.67 bits per heavy atom.